The first-order valence-electron chi connectivity index (χ1n) is 18.7. The lowest BCUT2D eigenvalue weighted by Crippen LogP contribution is -2.31. The van der Waals surface area contributed by atoms with E-state index in [0.29, 0.717) is 0 Å². The summed E-state index contributed by atoms with van der Waals surface area (Å²) in [5, 5.41) is 7.44. The van der Waals surface area contributed by atoms with Gasteiger partial charge in [0.25, 0.3) is 0 Å². The maximum Gasteiger partial charge on any atom is 0.246 e. The molecule has 2 aliphatic rings. The molecule has 54 heavy (non-hydrogen) atoms. The lowest BCUT2D eigenvalue weighted by Gasteiger charge is -2.29. The zero-order valence-electron chi connectivity index (χ0n) is 32.9. The highest BCUT2D eigenvalue weighted by Gasteiger charge is 2.44. The molecule has 6 heteroatoms. The molecule has 0 radical (unpaired) electrons. The van der Waals surface area contributed by atoms with Gasteiger partial charge in [0.1, 0.15) is 0 Å². The van der Waals surface area contributed by atoms with Crippen LogP contribution in [0.3, 0.4) is 0 Å². The Morgan fingerprint density at radius 1 is 0.352 bits per heavy atom. The molecule has 0 saturated heterocycles. The zero-order chi connectivity index (χ0) is 38.1. The fourth-order valence-corrected chi connectivity index (χ4v) is 12.5. The van der Waals surface area contributed by atoms with Crippen molar-refractivity contribution in [3.63, 3.8) is 0 Å². The van der Waals surface area contributed by atoms with Gasteiger partial charge in [-0.25, -0.2) is 0 Å². The fraction of sp³-hybridized carbons (Fsp3) is 0.250. The Morgan fingerprint density at radius 3 is 0.852 bits per heavy atom. The molecule has 4 nitrogen and oxygen atoms in total. The average molecular weight is 751 g/mol. The van der Waals surface area contributed by atoms with Crippen molar-refractivity contribution in [3.05, 3.63) is 143 Å². The number of rotatable bonds is 7. The van der Waals surface area contributed by atoms with E-state index in [9.17, 15) is 0 Å². The second-order valence-electron chi connectivity index (χ2n) is 15.7. The van der Waals surface area contributed by atoms with Crippen LogP contribution in [0.1, 0.15) is 61.1 Å². The Balaban J connectivity index is 1.53. The lowest BCUT2D eigenvalue weighted by molar-refractivity contribution is -0.0444. The van der Waals surface area contributed by atoms with Crippen molar-refractivity contribution in [2.75, 3.05) is 0 Å². The van der Waals surface area contributed by atoms with Crippen molar-refractivity contribution in [2.45, 2.75) is 80.8 Å². The van der Waals surface area contributed by atoms with Gasteiger partial charge in [0.15, 0.2) is 23.0 Å². The van der Waals surface area contributed by atoms with Crippen LogP contribution in [0.15, 0.2) is 109 Å². The van der Waals surface area contributed by atoms with Crippen LogP contribution in [0.2, 0.25) is 0 Å². The van der Waals surface area contributed by atoms with Gasteiger partial charge in [-0.05, 0) is 112 Å². The van der Waals surface area contributed by atoms with E-state index in [-0.39, 0.29) is 0 Å². The first kappa shape index (κ1) is 36.4. The molecule has 0 aliphatic carbocycles. The van der Waals surface area contributed by atoms with Crippen LogP contribution in [0, 0.1) is 41.5 Å². The molecular weight excluding hydrogens is 702 g/mol. The minimum atomic E-state index is -1.08. The molecule has 0 bridgehead atoms. The third kappa shape index (κ3) is 6.70. The molecule has 6 aromatic rings. The van der Waals surface area contributed by atoms with E-state index in [2.05, 4.69) is 151 Å². The van der Waals surface area contributed by atoms with Gasteiger partial charge in [0.05, 0.1) is 0 Å². The molecule has 0 aromatic heterocycles. The summed E-state index contributed by atoms with van der Waals surface area (Å²) in [7, 11) is -2.16. The van der Waals surface area contributed by atoms with Gasteiger partial charge >= 0.3 is 0 Å². The third-order valence-electron chi connectivity index (χ3n) is 10.1. The number of fused-ring (bicyclic) bond motifs is 2. The molecule has 0 unspecified atom stereocenters. The first-order chi connectivity index (χ1) is 25.7. The van der Waals surface area contributed by atoms with E-state index < -0.39 is 27.4 Å². The van der Waals surface area contributed by atoms with Crippen molar-refractivity contribution in [1.29, 1.82) is 0 Å². The summed E-state index contributed by atoms with van der Waals surface area (Å²) < 4.78 is 27.3. The van der Waals surface area contributed by atoms with E-state index in [0.717, 1.165) is 45.3 Å². The van der Waals surface area contributed by atoms with E-state index in [1.54, 1.807) is 0 Å². The molecule has 6 aromatic carbocycles. The number of hydrogen-bond acceptors (Lipinski definition) is 4. The van der Waals surface area contributed by atoms with Gasteiger partial charge in [0, 0.05) is 38.8 Å². The quantitative estimate of drug-likeness (QED) is 0.152. The molecule has 2 heterocycles. The molecule has 0 spiro atoms. The van der Waals surface area contributed by atoms with Crippen LogP contribution >= 0.6 is 15.8 Å². The van der Waals surface area contributed by atoms with Crippen LogP contribution in [-0.4, -0.2) is 11.6 Å². The second kappa shape index (κ2) is 13.6. The molecule has 0 atom stereocenters. The monoisotopic (exact) mass is 750 g/mol. The Morgan fingerprint density at radius 2 is 0.593 bits per heavy atom. The summed E-state index contributed by atoms with van der Waals surface area (Å²) >= 11 is 0. The van der Waals surface area contributed by atoms with Gasteiger partial charge in [0.2, 0.25) is 11.6 Å². The summed E-state index contributed by atoms with van der Waals surface area (Å²) in [6.45, 7) is 20.9. The normalized spacial score (nSPS) is 15.0. The van der Waals surface area contributed by atoms with Crippen LogP contribution in [-0.2, 0) is 0 Å². The fourth-order valence-electron chi connectivity index (χ4n) is 7.44. The van der Waals surface area contributed by atoms with Gasteiger partial charge in [-0.15, -0.1) is 0 Å². The van der Waals surface area contributed by atoms with E-state index in [1.807, 2.05) is 27.7 Å². The van der Waals surface area contributed by atoms with Crippen molar-refractivity contribution in [2.24, 2.45) is 0 Å². The Hall–Kier alpha value is -4.62. The minimum absolute atomic E-state index is 0.755. The van der Waals surface area contributed by atoms with Gasteiger partial charge in [-0.2, -0.15) is 0 Å². The van der Waals surface area contributed by atoms with Crippen LogP contribution in [0.25, 0.3) is 11.1 Å². The summed E-state index contributed by atoms with van der Waals surface area (Å²) in [6.07, 6.45) is 0. The van der Waals surface area contributed by atoms with E-state index in [4.69, 9.17) is 18.9 Å². The van der Waals surface area contributed by atoms with Gasteiger partial charge in [-0.3, -0.25) is 0 Å². The Kier molecular flexibility index (Phi) is 9.15. The highest BCUT2D eigenvalue weighted by molar-refractivity contribution is 7.80. The van der Waals surface area contributed by atoms with Crippen molar-refractivity contribution in [3.8, 4) is 34.1 Å². The first-order valence-corrected chi connectivity index (χ1v) is 21.3. The number of ether oxygens (including phenoxy) is 4. The highest BCUT2D eigenvalue weighted by Crippen LogP contribution is 2.57. The SMILES string of the molecule is Cc1ccc(P(c2ccc(C)cc2)c2cc(C)c3c(c2-c2c(P(c4ccc(C)cc4)c4ccc(C)cc4)cc(C)c4c2OC(C)(C)O4)OC(C)(C)O3)cc1. The summed E-state index contributed by atoms with van der Waals surface area (Å²) in [5.41, 5.74) is 9.03. The molecule has 274 valence electrons. The summed E-state index contributed by atoms with van der Waals surface area (Å²) in [5.74, 6) is 1.33. The van der Waals surface area contributed by atoms with Crippen molar-refractivity contribution in [1.82, 2.24) is 0 Å². The molecule has 0 fully saturated rings. The number of benzene rings is 6. The topological polar surface area (TPSA) is 36.9 Å². The number of aryl methyl sites for hydroxylation is 6. The Bertz CT molecular complexity index is 2110. The number of hydrogen-bond donors (Lipinski definition) is 0. The van der Waals surface area contributed by atoms with Crippen molar-refractivity contribution >= 4 is 47.7 Å². The van der Waals surface area contributed by atoms with Crippen LogP contribution < -0.4 is 50.8 Å². The van der Waals surface area contributed by atoms with Crippen molar-refractivity contribution < 1.29 is 18.9 Å². The highest BCUT2D eigenvalue weighted by atomic mass is 31.1. The maximum absolute atomic E-state index is 6.98. The van der Waals surface area contributed by atoms with Crippen LogP contribution in [0.4, 0.5) is 0 Å². The molecule has 0 N–H and O–H groups in total. The minimum Gasteiger partial charge on any atom is -0.449 e. The van der Waals surface area contributed by atoms with E-state index >= 15 is 0 Å². The van der Waals surface area contributed by atoms with E-state index in [1.165, 1.54) is 54.1 Å². The van der Waals surface area contributed by atoms with Crippen LogP contribution in [0.5, 0.6) is 23.0 Å². The molecule has 2 aliphatic heterocycles. The summed E-state index contributed by atoms with van der Waals surface area (Å²) in [4.78, 5) is 0. The second-order valence-corrected chi connectivity index (χ2v) is 20.1. The smallest absolute Gasteiger partial charge is 0.246 e. The predicted octanol–water partition coefficient (Wildman–Crippen LogP) is 9.74. The van der Waals surface area contributed by atoms with Gasteiger partial charge < -0.3 is 18.9 Å². The predicted molar refractivity (Wildman–Crippen MR) is 228 cm³/mol. The maximum atomic E-state index is 6.98. The Labute approximate surface area is 323 Å². The lowest BCUT2D eigenvalue weighted by atomic mass is 9.98. The molecule has 8 rings (SSSR count). The largest absolute Gasteiger partial charge is 0.449 e. The molecular formula is C48H48O4P2. The zero-order valence-corrected chi connectivity index (χ0v) is 34.7. The average Bonchev–Trinajstić information content (AvgIpc) is 3.64. The molecule has 0 amide bonds. The van der Waals surface area contributed by atoms with Gasteiger partial charge in [-0.1, -0.05) is 119 Å². The standard InChI is InChI=1S/C48H48O4P2/c1-29-11-19-35(20-12-29)53(36-21-13-30(2)14-22-36)39-27-33(5)43-45(51-47(7,8)49-43)41(39)42-40(28-34(6)44-46(42)52-48(9,10)50-44)54(37-23-15-31(3)16-24-37)38-25-17-32(4)18-26-38/h11-28H,1-10H3. The molecule has 0 saturated carbocycles. The summed E-state index contributed by atoms with van der Waals surface area (Å²) in [6, 6.07) is 40.9. The third-order valence-corrected chi connectivity index (χ3v) is 15.0.